The second-order valence-corrected chi connectivity index (χ2v) is 8.55. The molecule has 1 aliphatic carbocycles. The first-order chi connectivity index (χ1) is 7.58. The summed E-state index contributed by atoms with van der Waals surface area (Å²) >= 11 is 0. The van der Waals surface area contributed by atoms with Gasteiger partial charge in [-0.1, -0.05) is 42.5 Å². The van der Waals surface area contributed by atoms with E-state index in [0.717, 1.165) is 0 Å². The monoisotopic (exact) mass is 234 g/mol. The Hall–Kier alpha value is -0.903. The first-order valence-electron chi connectivity index (χ1n) is 5.68. The van der Waals surface area contributed by atoms with Gasteiger partial charge in [0.1, 0.15) is 0 Å². The third-order valence-electron chi connectivity index (χ3n) is 2.94. The molecule has 1 N–H and O–H groups in total. The van der Waals surface area contributed by atoms with Crippen molar-refractivity contribution in [2.24, 2.45) is 0 Å². The zero-order chi connectivity index (χ0) is 11.6. The Morgan fingerprint density at radius 1 is 1.19 bits per heavy atom. The number of hydrogen-bond donors (Lipinski definition) is 1. The van der Waals surface area contributed by atoms with Crippen LogP contribution in [0.25, 0.3) is 0 Å². The molecule has 86 valence electrons. The van der Waals surface area contributed by atoms with Gasteiger partial charge in [0.25, 0.3) is 0 Å². The van der Waals surface area contributed by atoms with Crippen molar-refractivity contribution in [3.63, 3.8) is 0 Å². The van der Waals surface area contributed by atoms with Gasteiger partial charge in [0, 0.05) is 6.42 Å². The molecule has 0 saturated heterocycles. The van der Waals surface area contributed by atoms with Crippen LogP contribution < -0.4 is 5.19 Å². The van der Waals surface area contributed by atoms with Gasteiger partial charge in [-0.25, -0.2) is 0 Å². The Kier molecular flexibility index (Phi) is 3.28. The van der Waals surface area contributed by atoms with E-state index in [2.05, 4.69) is 25.2 Å². The maximum Gasteiger partial charge on any atom is 0.218 e. The van der Waals surface area contributed by atoms with E-state index in [0.29, 0.717) is 6.42 Å². The quantitative estimate of drug-likeness (QED) is 0.638. The average molecular weight is 234 g/mol. The Morgan fingerprint density at radius 2 is 1.88 bits per heavy atom. The molecule has 1 aliphatic rings. The van der Waals surface area contributed by atoms with Crippen LogP contribution >= 0.6 is 0 Å². The minimum atomic E-state index is -1.84. The molecule has 0 aromatic heterocycles. The summed E-state index contributed by atoms with van der Waals surface area (Å²) in [5, 5.41) is 10.7. The van der Waals surface area contributed by atoms with Crippen LogP contribution in [-0.2, 0) is 4.43 Å². The fourth-order valence-electron chi connectivity index (χ4n) is 2.02. The molecule has 0 heterocycles. The molecule has 0 amide bonds. The highest BCUT2D eigenvalue weighted by Gasteiger charge is 2.30. The Labute approximate surface area is 97.7 Å². The van der Waals surface area contributed by atoms with Crippen molar-refractivity contribution in [3.8, 4) is 0 Å². The summed E-state index contributed by atoms with van der Waals surface area (Å²) in [7, 11) is -1.84. The van der Waals surface area contributed by atoms with Crippen LogP contribution in [0.2, 0.25) is 13.1 Å². The topological polar surface area (TPSA) is 29.5 Å². The van der Waals surface area contributed by atoms with Gasteiger partial charge in [0.05, 0.1) is 12.2 Å². The highest BCUT2D eigenvalue weighted by molar-refractivity contribution is 6.84. The Bertz CT molecular complexity index is 373. The van der Waals surface area contributed by atoms with Crippen LogP contribution in [0.1, 0.15) is 6.42 Å². The molecule has 1 aromatic carbocycles. The third-order valence-corrected chi connectivity index (χ3v) is 5.55. The molecule has 2 rings (SSSR count). The fraction of sp³-hybridized carbons (Fsp3) is 0.385. The molecule has 0 aliphatic heterocycles. The summed E-state index contributed by atoms with van der Waals surface area (Å²) in [4.78, 5) is 0. The van der Waals surface area contributed by atoms with Gasteiger partial charge in [-0.3, -0.25) is 0 Å². The number of rotatable bonds is 3. The molecule has 0 radical (unpaired) electrons. The summed E-state index contributed by atoms with van der Waals surface area (Å²) in [5.41, 5.74) is 0. The maximum absolute atomic E-state index is 9.42. The summed E-state index contributed by atoms with van der Waals surface area (Å²) in [6.07, 6.45) is 4.24. The predicted octanol–water partition coefficient (Wildman–Crippen LogP) is 1.80. The lowest BCUT2D eigenvalue weighted by Crippen LogP contribution is -2.46. The van der Waals surface area contributed by atoms with E-state index < -0.39 is 8.32 Å². The molecular weight excluding hydrogens is 216 g/mol. The van der Waals surface area contributed by atoms with E-state index in [1.54, 1.807) is 0 Å². The standard InChI is InChI=1S/C13H18O2Si/c1-16(2,13-6-4-3-5-7-13)15-12-9-8-11(14)10-12/h3-9,11-12,14H,10H2,1-2H3/t11-,12+/m1/s1. The van der Waals surface area contributed by atoms with E-state index in [-0.39, 0.29) is 12.2 Å². The molecule has 1 aromatic rings. The van der Waals surface area contributed by atoms with Crippen LogP contribution in [0, 0.1) is 0 Å². The van der Waals surface area contributed by atoms with Crippen molar-refractivity contribution >= 4 is 13.5 Å². The lowest BCUT2D eigenvalue weighted by Gasteiger charge is -2.27. The van der Waals surface area contributed by atoms with Gasteiger partial charge in [-0.05, 0) is 18.3 Å². The first kappa shape index (κ1) is 11.6. The molecule has 0 bridgehead atoms. The largest absolute Gasteiger partial charge is 0.407 e. The third kappa shape index (κ3) is 2.61. The average Bonchev–Trinajstić information content (AvgIpc) is 2.64. The molecule has 0 fully saturated rings. The van der Waals surface area contributed by atoms with Crippen molar-refractivity contribution < 1.29 is 9.53 Å². The summed E-state index contributed by atoms with van der Waals surface area (Å²) in [5.74, 6) is 0. The van der Waals surface area contributed by atoms with Crippen LogP contribution in [0.5, 0.6) is 0 Å². The SMILES string of the molecule is C[Si](C)(O[C@H]1C=C[C@@H](O)C1)c1ccccc1. The summed E-state index contributed by atoms with van der Waals surface area (Å²) < 4.78 is 6.15. The van der Waals surface area contributed by atoms with Crippen molar-refractivity contribution in [1.82, 2.24) is 0 Å². The lowest BCUT2D eigenvalue weighted by atomic mass is 10.3. The number of benzene rings is 1. The van der Waals surface area contributed by atoms with Gasteiger partial charge in [0.2, 0.25) is 8.32 Å². The highest BCUT2D eigenvalue weighted by Crippen LogP contribution is 2.18. The minimum Gasteiger partial charge on any atom is -0.407 e. The van der Waals surface area contributed by atoms with E-state index in [9.17, 15) is 5.11 Å². The predicted molar refractivity (Wildman–Crippen MR) is 68.2 cm³/mol. The Morgan fingerprint density at radius 3 is 2.44 bits per heavy atom. The molecule has 0 saturated carbocycles. The van der Waals surface area contributed by atoms with Crippen molar-refractivity contribution in [2.45, 2.75) is 31.7 Å². The highest BCUT2D eigenvalue weighted by atomic mass is 28.4. The zero-order valence-corrected chi connectivity index (χ0v) is 10.8. The van der Waals surface area contributed by atoms with Crippen LogP contribution in [0.15, 0.2) is 42.5 Å². The molecular formula is C13H18O2Si. The molecule has 3 heteroatoms. The van der Waals surface area contributed by atoms with Gasteiger partial charge >= 0.3 is 0 Å². The van der Waals surface area contributed by atoms with Crippen molar-refractivity contribution in [1.29, 1.82) is 0 Å². The minimum absolute atomic E-state index is 0.0804. The molecule has 16 heavy (non-hydrogen) atoms. The zero-order valence-electron chi connectivity index (χ0n) is 9.76. The van der Waals surface area contributed by atoms with Crippen LogP contribution in [-0.4, -0.2) is 25.6 Å². The molecule has 0 spiro atoms. The number of aliphatic hydroxyl groups excluding tert-OH is 1. The van der Waals surface area contributed by atoms with E-state index in [1.807, 2.05) is 30.4 Å². The summed E-state index contributed by atoms with van der Waals surface area (Å²) in [6, 6.07) is 10.4. The molecule has 2 atom stereocenters. The van der Waals surface area contributed by atoms with Gasteiger partial charge < -0.3 is 9.53 Å². The van der Waals surface area contributed by atoms with Crippen molar-refractivity contribution in [3.05, 3.63) is 42.5 Å². The molecule has 0 unspecified atom stereocenters. The Balaban J connectivity index is 2.06. The summed E-state index contributed by atoms with van der Waals surface area (Å²) in [6.45, 7) is 4.39. The van der Waals surface area contributed by atoms with E-state index in [1.165, 1.54) is 5.19 Å². The van der Waals surface area contributed by atoms with Crippen LogP contribution in [0.3, 0.4) is 0 Å². The van der Waals surface area contributed by atoms with Gasteiger partial charge in [-0.2, -0.15) is 0 Å². The maximum atomic E-state index is 9.42. The number of hydrogen-bond acceptors (Lipinski definition) is 2. The van der Waals surface area contributed by atoms with Crippen LogP contribution in [0.4, 0.5) is 0 Å². The first-order valence-corrected chi connectivity index (χ1v) is 8.58. The number of aliphatic hydroxyl groups is 1. The fourth-order valence-corrected chi connectivity index (χ4v) is 4.08. The van der Waals surface area contributed by atoms with Gasteiger partial charge in [-0.15, -0.1) is 0 Å². The van der Waals surface area contributed by atoms with Crippen molar-refractivity contribution in [2.75, 3.05) is 0 Å². The second-order valence-electron chi connectivity index (χ2n) is 4.72. The molecule has 2 nitrogen and oxygen atoms in total. The van der Waals surface area contributed by atoms with E-state index >= 15 is 0 Å². The van der Waals surface area contributed by atoms with Gasteiger partial charge in [0.15, 0.2) is 0 Å². The normalized spacial score (nSPS) is 24.9. The van der Waals surface area contributed by atoms with E-state index in [4.69, 9.17) is 4.43 Å². The lowest BCUT2D eigenvalue weighted by molar-refractivity contribution is 0.162. The second kappa shape index (κ2) is 4.53. The smallest absolute Gasteiger partial charge is 0.218 e.